The molecule has 0 aliphatic carbocycles. The number of rotatable bonds is 3. The van der Waals surface area contributed by atoms with Crippen molar-refractivity contribution in [1.29, 1.82) is 0 Å². The lowest BCUT2D eigenvalue weighted by molar-refractivity contribution is 0.0686. The van der Waals surface area contributed by atoms with Crippen molar-refractivity contribution in [2.75, 3.05) is 39.5 Å². The number of methoxy groups -OCH3 is 1. The van der Waals surface area contributed by atoms with Crippen LogP contribution in [0.5, 0.6) is 0 Å². The van der Waals surface area contributed by atoms with Crippen LogP contribution in [0, 0.1) is 5.82 Å². The number of benzene rings is 1. The minimum atomic E-state index is -3.95. The topological polar surface area (TPSA) is 93.8 Å². The van der Waals surface area contributed by atoms with Crippen molar-refractivity contribution in [3.8, 4) is 0 Å². The molecule has 11 heteroatoms. The highest BCUT2D eigenvalue weighted by Crippen LogP contribution is 2.30. The van der Waals surface area contributed by atoms with Gasteiger partial charge in [0.1, 0.15) is 11.3 Å². The number of para-hydroxylation sites is 1. The molecule has 3 heterocycles. The van der Waals surface area contributed by atoms with E-state index in [9.17, 15) is 22.4 Å². The van der Waals surface area contributed by atoms with E-state index in [2.05, 4.69) is 4.90 Å². The number of piperidine rings is 2. The average molecular weight is 455 g/mol. The Labute approximate surface area is 180 Å². The average Bonchev–Trinajstić information content (AvgIpc) is 3.07. The number of aromatic nitrogens is 2. The van der Waals surface area contributed by atoms with E-state index in [1.165, 1.54) is 17.7 Å². The minimum Gasteiger partial charge on any atom is -0.453 e. The van der Waals surface area contributed by atoms with Crippen molar-refractivity contribution in [1.82, 2.24) is 18.3 Å². The first-order chi connectivity index (χ1) is 14.7. The molecule has 0 radical (unpaired) electrons. The number of hydrogen-bond acceptors (Lipinski definition) is 6. The molecular weight excluding hydrogens is 427 g/mol. The number of halogens is 1. The van der Waals surface area contributed by atoms with Gasteiger partial charge >= 0.3 is 11.8 Å². The molecule has 0 bridgehead atoms. The van der Waals surface area contributed by atoms with Gasteiger partial charge < -0.3 is 14.5 Å². The summed E-state index contributed by atoms with van der Waals surface area (Å²) in [4.78, 5) is 28.8. The summed E-state index contributed by atoms with van der Waals surface area (Å²) in [5.74, 6) is -0.728. The maximum absolute atomic E-state index is 14.5. The number of ether oxygens (including phenoxy) is 1. The molecule has 170 valence electrons. The molecule has 1 aromatic carbocycles. The van der Waals surface area contributed by atoms with Crippen molar-refractivity contribution in [2.45, 2.75) is 37.8 Å². The molecule has 0 atom stereocenters. The quantitative estimate of drug-likeness (QED) is 0.700. The molecule has 2 fully saturated rings. The van der Waals surface area contributed by atoms with Gasteiger partial charge in [-0.05, 0) is 37.8 Å². The van der Waals surface area contributed by atoms with E-state index in [1.54, 1.807) is 11.0 Å². The van der Waals surface area contributed by atoms with Crippen molar-refractivity contribution >= 4 is 27.1 Å². The van der Waals surface area contributed by atoms with Crippen LogP contribution in [0.4, 0.5) is 9.18 Å². The Hall–Kier alpha value is -2.40. The fraction of sp³-hybridized carbons (Fsp3) is 0.600. The summed E-state index contributed by atoms with van der Waals surface area (Å²) in [5.41, 5.74) is -0.597. The van der Waals surface area contributed by atoms with E-state index in [1.807, 2.05) is 0 Å². The highest BCUT2D eigenvalue weighted by molar-refractivity contribution is 7.89. The molecule has 2 aliphatic rings. The number of imidazole rings is 1. The summed E-state index contributed by atoms with van der Waals surface area (Å²) in [6.07, 6.45) is 3.66. The largest absolute Gasteiger partial charge is 0.453 e. The third-order valence-corrected chi connectivity index (χ3v) is 7.42. The SMILES string of the molecule is COC(=O)N1CCC(N2CCC(n3c(=O)n(S(C)(=O)=O)c4c(F)cccc43)CC2)CC1. The molecule has 0 spiro atoms. The van der Waals surface area contributed by atoms with Crippen molar-refractivity contribution in [3.05, 3.63) is 34.5 Å². The Bertz CT molecular complexity index is 1140. The Morgan fingerprint density at radius 1 is 1.06 bits per heavy atom. The Morgan fingerprint density at radius 2 is 1.68 bits per heavy atom. The molecular formula is C20H27FN4O5S. The molecule has 0 saturated carbocycles. The van der Waals surface area contributed by atoms with Crippen LogP contribution in [0.1, 0.15) is 31.7 Å². The van der Waals surface area contributed by atoms with Crippen LogP contribution < -0.4 is 5.69 Å². The third kappa shape index (κ3) is 3.96. The molecule has 4 rings (SSSR count). The Kier molecular flexibility index (Phi) is 5.82. The van der Waals surface area contributed by atoms with Crippen molar-refractivity contribution < 1.29 is 22.3 Å². The third-order valence-electron chi connectivity index (χ3n) is 6.42. The number of likely N-dealkylation sites (tertiary alicyclic amines) is 2. The molecule has 0 unspecified atom stereocenters. The maximum atomic E-state index is 14.5. The lowest BCUT2D eigenvalue weighted by atomic mass is 9.97. The van der Waals surface area contributed by atoms with E-state index >= 15 is 0 Å². The fourth-order valence-electron chi connectivity index (χ4n) is 4.91. The van der Waals surface area contributed by atoms with Gasteiger partial charge in [0.25, 0.3) is 0 Å². The first-order valence-corrected chi connectivity index (χ1v) is 12.3. The van der Waals surface area contributed by atoms with Gasteiger partial charge in [0.15, 0.2) is 0 Å². The molecule has 2 aromatic rings. The summed E-state index contributed by atoms with van der Waals surface area (Å²) in [6, 6.07) is 4.40. The zero-order valence-corrected chi connectivity index (χ0v) is 18.5. The first-order valence-electron chi connectivity index (χ1n) is 10.4. The monoisotopic (exact) mass is 454 g/mol. The summed E-state index contributed by atoms with van der Waals surface area (Å²) in [6.45, 7) is 2.80. The van der Waals surface area contributed by atoms with E-state index in [0.29, 0.717) is 41.5 Å². The van der Waals surface area contributed by atoms with Gasteiger partial charge in [0.2, 0.25) is 10.0 Å². The second-order valence-electron chi connectivity index (χ2n) is 8.24. The van der Waals surface area contributed by atoms with Crippen LogP contribution in [0.25, 0.3) is 11.0 Å². The number of hydrogen-bond donors (Lipinski definition) is 0. The maximum Gasteiger partial charge on any atom is 0.409 e. The van der Waals surface area contributed by atoms with Gasteiger partial charge in [-0.3, -0.25) is 4.57 Å². The number of carbonyl (C=O) groups excluding carboxylic acids is 1. The molecule has 1 aromatic heterocycles. The summed E-state index contributed by atoms with van der Waals surface area (Å²) >= 11 is 0. The predicted molar refractivity (Wildman–Crippen MR) is 113 cm³/mol. The van der Waals surface area contributed by atoms with E-state index in [-0.39, 0.29) is 17.7 Å². The van der Waals surface area contributed by atoms with Crippen LogP contribution in [0.15, 0.2) is 23.0 Å². The standard InChI is InChI=1S/C20H27FN4O5S/c1-30-20(27)23-12-6-14(7-13-23)22-10-8-15(9-11-22)24-17-5-3-4-16(21)18(17)25(19(24)26)31(2,28)29/h3-5,14-15H,6-13H2,1-2H3. The summed E-state index contributed by atoms with van der Waals surface area (Å²) < 4.78 is 45.7. The lowest BCUT2D eigenvalue weighted by Gasteiger charge is -2.41. The van der Waals surface area contributed by atoms with E-state index in [4.69, 9.17) is 4.74 Å². The van der Waals surface area contributed by atoms with Crippen LogP contribution in [-0.4, -0.2) is 78.4 Å². The number of fused-ring (bicyclic) bond motifs is 1. The fourth-order valence-corrected chi connectivity index (χ4v) is 5.79. The minimum absolute atomic E-state index is 0.187. The summed E-state index contributed by atoms with van der Waals surface area (Å²) in [7, 11) is -2.57. The summed E-state index contributed by atoms with van der Waals surface area (Å²) in [5, 5.41) is 0. The Balaban J connectivity index is 1.53. The van der Waals surface area contributed by atoms with Crippen LogP contribution in [0.2, 0.25) is 0 Å². The molecule has 9 nitrogen and oxygen atoms in total. The van der Waals surface area contributed by atoms with Crippen LogP contribution in [0.3, 0.4) is 0 Å². The highest BCUT2D eigenvalue weighted by Gasteiger charge is 2.33. The van der Waals surface area contributed by atoms with Gasteiger partial charge in [-0.15, -0.1) is 0 Å². The molecule has 0 N–H and O–H groups in total. The van der Waals surface area contributed by atoms with Crippen LogP contribution >= 0.6 is 0 Å². The number of amides is 1. The number of carbonyl (C=O) groups is 1. The zero-order valence-electron chi connectivity index (χ0n) is 17.7. The Morgan fingerprint density at radius 3 is 2.26 bits per heavy atom. The molecule has 2 saturated heterocycles. The van der Waals surface area contributed by atoms with Gasteiger partial charge in [-0.2, -0.15) is 3.97 Å². The second-order valence-corrected chi connectivity index (χ2v) is 10.1. The zero-order chi connectivity index (χ0) is 22.3. The molecule has 31 heavy (non-hydrogen) atoms. The van der Waals surface area contributed by atoms with Gasteiger partial charge in [-0.25, -0.2) is 22.4 Å². The van der Waals surface area contributed by atoms with E-state index < -0.39 is 21.5 Å². The first kappa shape index (κ1) is 21.8. The van der Waals surface area contributed by atoms with Crippen LogP contribution in [-0.2, 0) is 14.8 Å². The van der Waals surface area contributed by atoms with Gasteiger partial charge in [0.05, 0.1) is 18.9 Å². The lowest BCUT2D eigenvalue weighted by Crippen LogP contribution is -2.49. The van der Waals surface area contributed by atoms with Gasteiger partial charge in [-0.1, -0.05) is 6.07 Å². The van der Waals surface area contributed by atoms with Crippen molar-refractivity contribution in [2.24, 2.45) is 0 Å². The van der Waals surface area contributed by atoms with Crippen molar-refractivity contribution in [3.63, 3.8) is 0 Å². The highest BCUT2D eigenvalue weighted by atomic mass is 32.2. The smallest absolute Gasteiger partial charge is 0.409 e. The second kappa shape index (κ2) is 8.27. The molecule has 1 amide bonds. The normalized spacial score (nSPS) is 19.8. The van der Waals surface area contributed by atoms with Gasteiger partial charge in [0, 0.05) is 38.3 Å². The van der Waals surface area contributed by atoms with E-state index in [0.717, 1.165) is 38.3 Å². The number of nitrogens with zero attached hydrogens (tertiary/aromatic N) is 4. The molecule has 2 aliphatic heterocycles. The predicted octanol–water partition coefficient (Wildman–Crippen LogP) is 1.62.